The van der Waals surface area contributed by atoms with Crippen LogP contribution in [0.5, 0.6) is 0 Å². The van der Waals surface area contributed by atoms with Gasteiger partial charge in [0.2, 0.25) is 10.0 Å². The summed E-state index contributed by atoms with van der Waals surface area (Å²) in [5.41, 5.74) is 1.49. The molecule has 1 unspecified atom stereocenters. The lowest BCUT2D eigenvalue weighted by atomic mass is 10.1. The average molecular weight is 362 g/mol. The number of aryl methyl sites for hydroxylation is 2. The van der Waals surface area contributed by atoms with Crippen molar-refractivity contribution in [2.24, 2.45) is 5.92 Å². The SMILES string of the molecule is Cc1cc(S(=O)(=O)N2CCC(C(=O)O)C2)c(C)cc1Br. The van der Waals surface area contributed by atoms with Crippen LogP contribution >= 0.6 is 15.9 Å². The first-order valence-electron chi connectivity index (χ1n) is 6.23. The standard InChI is InChI=1S/C13H16BrNO4S/c1-8-6-12(9(2)5-11(8)14)20(18,19)15-4-3-10(7-15)13(16)17/h5-6,10H,3-4,7H2,1-2H3,(H,16,17). The minimum Gasteiger partial charge on any atom is -0.481 e. The third kappa shape index (κ3) is 2.75. The van der Waals surface area contributed by atoms with Crippen LogP contribution in [0.4, 0.5) is 0 Å². The minimum atomic E-state index is -3.63. The van der Waals surface area contributed by atoms with E-state index in [9.17, 15) is 13.2 Å². The van der Waals surface area contributed by atoms with Crippen molar-refractivity contribution >= 4 is 31.9 Å². The third-order valence-electron chi connectivity index (χ3n) is 3.57. The Morgan fingerprint density at radius 3 is 2.55 bits per heavy atom. The largest absolute Gasteiger partial charge is 0.481 e. The Balaban J connectivity index is 2.37. The number of carbonyl (C=O) groups is 1. The van der Waals surface area contributed by atoms with Crippen molar-refractivity contribution in [3.63, 3.8) is 0 Å². The Labute approximate surface area is 126 Å². The van der Waals surface area contributed by atoms with Crippen molar-refractivity contribution in [2.45, 2.75) is 25.2 Å². The minimum absolute atomic E-state index is 0.0478. The van der Waals surface area contributed by atoms with Gasteiger partial charge >= 0.3 is 5.97 Å². The highest BCUT2D eigenvalue weighted by atomic mass is 79.9. The van der Waals surface area contributed by atoms with Crippen LogP contribution < -0.4 is 0 Å². The maximum Gasteiger partial charge on any atom is 0.307 e. The van der Waals surface area contributed by atoms with E-state index in [4.69, 9.17) is 5.11 Å². The molecule has 7 heteroatoms. The van der Waals surface area contributed by atoms with E-state index in [1.807, 2.05) is 6.92 Å². The molecule has 0 spiro atoms. The molecule has 0 radical (unpaired) electrons. The van der Waals surface area contributed by atoms with Crippen LogP contribution in [0.15, 0.2) is 21.5 Å². The molecule has 1 atom stereocenters. The van der Waals surface area contributed by atoms with E-state index in [1.165, 1.54) is 4.31 Å². The first-order valence-corrected chi connectivity index (χ1v) is 8.46. The van der Waals surface area contributed by atoms with Gasteiger partial charge in [-0.1, -0.05) is 15.9 Å². The van der Waals surface area contributed by atoms with E-state index in [1.54, 1.807) is 19.1 Å². The monoisotopic (exact) mass is 361 g/mol. The molecule has 1 aromatic rings. The number of halogens is 1. The lowest BCUT2D eigenvalue weighted by molar-refractivity contribution is -0.141. The van der Waals surface area contributed by atoms with Crippen LogP contribution in [0.1, 0.15) is 17.5 Å². The molecule has 1 aromatic carbocycles. The van der Waals surface area contributed by atoms with Gasteiger partial charge in [0, 0.05) is 17.6 Å². The van der Waals surface area contributed by atoms with Crippen molar-refractivity contribution in [3.05, 3.63) is 27.7 Å². The second-order valence-corrected chi connectivity index (χ2v) is 7.81. The van der Waals surface area contributed by atoms with Crippen LogP contribution in [0.2, 0.25) is 0 Å². The average Bonchev–Trinajstić information content (AvgIpc) is 2.83. The molecule has 0 amide bonds. The molecular weight excluding hydrogens is 346 g/mol. The van der Waals surface area contributed by atoms with Crippen LogP contribution in [0.3, 0.4) is 0 Å². The molecular formula is C13H16BrNO4S. The lowest BCUT2D eigenvalue weighted by Gasteiger charge is -2.18. The van der Waals surface area contributed by atoms with Crippen LogP contribution in [-0.4, -0.2) is 36.9 Å². The highest BCUT2D eigenvalue weighted by Gasteiger charge is 2.36. The number of carboxylic acid groups (broad SMARTS) is 1. The normalized spacial score (nSPS) is 20.2. The highest BCUT2D eigenvalue weighted by Crippen LogP contribution is 2.29. The molecule has 20 heavy (non-hydrogen) atoms. The van der Waals surface area contributed by atoms with Gasteiger partial charge < -0.3 is 5.11 Å². The van der Waals surface area contributed by atoms with Crippen molar-refractivity contribution in [3.8, 4) is 0 Å². The number of hydrogen-bond donors (Lipinski definition) is 1. The van der Waals surface area contributed by atoms with E-state index in [2.05, 4.69) is 15.9 Å². The Morgan fingerprint density at radius 1 is 1.35 bits per heavy atom. The molecule has 5 nitrogen and oxygen atoms in total. The van der Waals surface area contributed by atoms with Gasteiger partial charge in [-0.2, -0.15) is 4.31 Å². The van der Waals surface area contributed by atoms with Gasteiger partial charge in [-0.3, -0.25) is 4.79 Å². The fourth-order valence-corrected chi connectivity index (χ4v) is 4.57. The predicted molar refractivity (Wildman–Crippen MR) is 78.1 cm³/mol. The molecule has 1 heterocycles. The zero-order chi connectivity index (χ0) is 15.1. The number of carboxylic acids is 1. The third-order valence-corrected chi connectivity index (χ3v) is 6.44. The van der Waals surface area contributed by atoms with Crippen molar-refractivity contribution < 1.29 is 18.3 Å². The number of rotatable bonds is 3. The van der Waals surface area contributed by atoms with Crippen molar-refractivity contribution in [2.75, 3.05) is 13.1 Å². The summed E-state index contributed by atoms with van der Waals surface area (Å²) in [7, 11) is -3.63. The fraction of sp³-hybridized carbons (Fsp3) is 0.462. The maximum absolute atomic E-state index is 12.6. The Hall–Kier alpha value is -0.920. The Kier molecular flexibility index (Phi) is 4.22. The second kappa shape index (κ2) is 5.46. The van der Waals surface area contributed by atoms with Crippen molar-refractivity contribution in [1.29, 1.82) is 0 Å². The number of hydrogen-bond acceptors (Lipinski definition) is 3. The van der Waals surface area contributed by atoms with Gasteiger partial charge in [-0.15, -0.1) is 0 Å². The van der Waals surface area contributed by atoms with E-state index in [0.717, 1.165) is 10.0 Å². The summed E-state index contributed by atoms with van der Waals surface area (Å²) in [5, 5.41) is 8.97. The number of nitrogens with zero attached hydrogens (tertiary/aromatic N) is 1. The van der Waals surface area contributed by atoms with Gasteiger partial charge in [0.15, 0.2) is 0 Å². The summed E-state index contributed by atoms with van der Waals surface area (Å²) in [5.74, 6) is -1.55. The molecule has 1 N–H and O–H groups in total. The smallest absolute Gasteiger partial charge is 0.307 e. The fourth-order valence-electron chi connectivity index (χ4n) is 2.32. The first kappa shape index (κ1) is 15.5. The molecule has 0 aliphatic carbocycles. The van der Waals surface area contributed by atoms with Crippen LogP contribution in [0.25, 0.3) is 0 Å². The van der Waals surface area contributed by atoms with E-state index >= 15 is 0 Å². The van der Waals surface area contributed by atoms with E-state index in [-0.39, 0.29) is 18.0 Å². The molecule has 0 aromatic heterocycles. The summed E-state index contributed by atoms with van der Waals surface area (Å²) in [6.07, 6.45) is 0.364. The zero-order valence-electron chi connectivity index (χ0n) is 11.3. The van der Waals surface area contributed by atoms with Gasteiger partial charge in [-0.05, 0) is 43.5 Å². The lowest BCUT2D eigenvalue weighted by Crippen LogP contribution is -2.30. The molecule has 0 saturated carbocycles. The van der Waals surface area contributed by atoms with Crippen LogP contribution in [-0.2, 0) is 14.8 Å². The van der Waals surface area contributed by atoms with Gasteiger partial charge in [0.05, 0.1) is 10.8 Å². The second-order valence-electron chi connectivity index (χ2n) is 5.05. The number of sulfonamides is 1. The molecule has 1 fully saturated rings. The summed E-state index contributed by atoms with van der Waals surface area (Å²) in [6, 6.07) is 3.40. The molecule has 1 saturated heterocycles. The number of benzene rings is 1. The summed E-state index contributed by atoms with van der Waals surface area (Å²) >= 11 is 3.37. The Morgan fingerprint density at radius 2 is 2.00 bits per heavy atom. The molecule has 110 valence electrons. The highest BCUT2D eigenvalue weighted by molar-refractivity contribution is 9.10. The van der Waals surface area contributed by atoms with E-state index in [0.29, 0.717) is 12.0 Å². The maximum atomic E-state index is 12.6. The zero-order valence-corrected chi connectivity index (χ0v) is 13.7. The predicted octanol–water partition coefficient (Wildman–Crippen LogP) is 2.16. The van der Waals surface area contributed by atoms with E-state index < -0.39 is 21.9 Å². The van der Waals surface area contributed by atoms with Crippen LogP contribution in [0, 0.1) is 19.8 Å². The van der Waals surface area contributed by atoms with Gasteiger partial charge in [0.25, 0.3) is 0 Å². The summed E-state index contributed by atoms with van der Waals surface area (Å²) in [4.78, 5) is 11.2. The first-order chi connectivity index (χ1) is 9.23. The van der Waals surface area contributed by atoms with Gasteiger partial charge in [0.1, 0.15) is 0 Å². The molecule has 0 bridgehead atoms. The van der Waals surface area contributed by atoms with Crippen molar-refractivity contribution in [1.82, 2.24) is 4.31 Å². The summed E-state index contributed by atoms with van der Waals surface area (Å²) < 4.78 is 27.3. The molecule has 1 aliphatic rings. The Bertz CT molecular complexity index is 657. The molecule has 2 rings (SSSR count). The summed E-state index contributed by atoms with van der Waals surface area (Å²) in [6.45, 7) is 3.87. The number of aliphatic carboxylic acids is 1. The topological polar surface area (TPSA) is 74.7 Å². The quantitative estimate of drug-likeness (QED) is 0.894. The molecule has 1 aliphatic heterocycles. The van der Waals surface area contributed by atoms with Gasteiger partial charge in [-0.25, -0.2) is 8.42 Å².